The zero-order chi connectivity index (χ0) is 46.1. The number of allylic oxidation sites excluding steroid dienone is 5. The molecule has 2 aliphatic carbocycles. The van der Waals surface area contributed by atoms with Crippen molar-refractivity contribution in [2.45, 2.75) is 18.8 Å². The molecule has 328 valence electrons. The van der Waals surface area contributed by atoms with Crippen LogP contribution in [0.25, 0.3) is 95.5 Å². The van der Waals surface area contributed by atoms with Crippen LogP contribution >= 0.6 is 0 Å². The number of furan rings is 1. The molecule has 1 unspecified atom stereocenters. The first-order valence-corrected chi connectivity index (χ1v) is 23.8. The number of para-hydroxylation sites is 4. The molecule has 0 fully saturated rings. The molecule has 6 heteroatoms. The summed E-state index contributed by atoms with van der Waals surface area (Å²) in [6, 6.07) is 68.5. The maximum absolute atomic E-state index is 6.38. The first-order chi connectivity index (χ1) is 34.7. The molecule has 0 N–H and O–H groups in total. The summed E-state index contributed by atoms with van der Waals surface area (Å²) < 4.78 is 8.95. The molecule has 4 heterocycles. The van der Waals surface area contributed by atoms with E-state index in [9.17, 15) is 0 Å². The predicted octanol–water partition coefficient (Wildman–Crippen LogP) is 15.6. The van der Waals surface area contributed by atoms with Crippen molar-refractivity contribution in [3.8, 4) is 62.8 Å². The van der Waals surface area contributed by atoms with E-state index in [2.05, 4.69) is 197 Å². The number of rotatable bonds is 7. The summed E-state index contributed by atoms with van der Waals surface area (Å²) >= 11 is 0. The standard InChI is InChI=1S/C64H41N5O/c1-2-7-21-41(20-6-1)51-36-45(64-66-62(43-24-10-4-11-25-43)65-63(67-64)44-34-35-50-49-30-16-19-33-59(49)70-60(50)38-44)37-52(42-22-8-3-9-23-42)61(51)69-56-32-18-15-29-48(56)54-39-57-53(40-58(54)69)47-28-14-17-31-55(47)68(57)46-26-12-5-13-27-46/h1,3-6,8-20,22-39,53H,21,40H2. The van der Waals surface area contributed by atoms with Gasteiger partial charge in [-0.05, 0) is 83.4 Å². The zero-order valence-electron chi connectivity index (χ0n) is 37.9. The van der Waals surface area contributed by atoms with Crippen LogP contribution in [0.3, 0.4) is 0 Å². The smallest absolute Gasteiger partial charge is 0.164 e. The van der Waals surface area contributed by atoms with E-state index in [4.69, 9.17) is 19.4 Å². The minimum Gasteiger partial charge on any atom is -0.456 e. The van der Waals surface area contributed by atoms with Crippen LogP contribution in [0, 0.1) is 11.8 Å². The molecule has 1 atom stereocenters. The van der Waals surface area contributed by atoms with Gasteiger partial charge in [-0.15, -0.1) is 0 Å². The van der Waals surface area contributed by atoms with Crippen molar-refractivity contribution in [2.75, 3.05) is 4.90 Å². The maximum Gasteiger partial charge on any atom is 0.164 e. The van der Waals surface area contributed by atoms with Crippen LogP contribution in [0.1, 0.15) is 34.7 Å². The van der Waals surface area contributed by atoms with Crippen LogP contribution < -0.4 is 4.90 Å². The lowest BCUT2D eigenvalue weighted by atomic mass is 9.86. The average Bonchev–Trinajstić information content (AvgIpc) is 3.97. The highest BCUT2D eigenvalue weighted by atomic mass is 16.3. The van der Waals surface area contributed by atoms with E-state index in [0.717, 1.165) is 78.5 Å². The Bertz CT molecular complexity index is 4070. The van der Waals surface area contributed by atoms with Crippen molar-refractivity contribution in [1.29, 1.82) is 0 Å². The molecule has 14 rings (SSSR count). The summed E-state index contributed by atoms with van der Waals surface area (Å²) in [5.41, 5.74) is 18.4. The Morgan fingerprint density at radius 1 is 0.543 bits per heavy atom. The van der Waals surface area contributed by atoms with Crippen molar-refractivity contribution in [3.05, 3.63) is 240 Å². The largest absolute Gasteiger partial charge is 0.456 e. The van der Waals surface area contributed by atoms with Gasteiger partial charge < -0.3 is 13.9 Å². The third-order valence-corrected chi connectivity index (χ3v) is 14.1. The molecule has 0 radical (unpaired) electrons. The summed E-state index contributed by atoms with van der Waals surface area (Å²) in [5.74, 6) is 8.59. The Labute approximate surface area is 404 Å². The Kier molecular flexibility index (Phi) is 9.21. The molecule has 0 saturated carbocycles. The SMILES string of the molecule is C1#CCC(c2cc(-c3nc(-c4ccccc4)nc(-c4ccc5c(c4)oc4ccccc45)n3)cc(-c3ccccc3)c2-n2c3c(c4ccccc42)C=C2C(C3)c3ccccc3N2c2ccccc2)=CC=C1. The van der Waals surface area contributed by atoms with E-state index >= 15 is 0 Å². The second-order valence-corrected chi connectivity index (χ2v) is 18.1. The lowest BCUT2D eigenvalue weighted by Gasteiger charge is -2.28. The van der Waals surface area contributed by atoms with Gasteiger partial charge in [-0.1, -0.05) is 164 Å². The Balaban J connectivity index is 1.03. The number of hydrogen-bond donors (Lipinski definition) is 0. The lowest BCUT2D eigenvalue weighted by molar-refractivity contribution is 0.669. The molecule has 1 aliphatic heterocycles. The molecular weight excluding hydrogens is 855 g/mol. The second-order valence-electron chi connectivity index (χ2n) is 18.1. The van der Waals surface area contributed by atoms with Gasteiger partial charge >= 0.3 is 0 Å². The number of nitrogens with zero attached hydrogens (tertiary/aromatic N) is 5. The molecule has 0 bridgehead atoms. The van der Waals surface area contributed by atoms with E-state index in [1.165, 1.54) is 39.3 Å². The maximum atomic E-state index is 6.38. The summed E-state index contributed by atoms with van der Waals surface area (Å²) in [5, 5.41) is 3.34. The monoisotopic (exact) mass is 895 g/mol. The minimum atomic E-state index is 0.152. The number of hydrogen-bond acceptors (Lipinski definition) is 5. The Morgan fingerprint density at radius 2 is 1.20 bits per heavy atom. The second kappa shape index (κ2) is 16.2. The first-order valence-electron chi connectivity index (χ1n) is 23.8. The van der Waals surface area contributed by atoms with Gasteiger partial charge in [0.15, 0.2) is 17.5 Å². The van der Waals surface area contributed by atoms with Crippen LogP contribution in [-0.2, 0) is 6.42 Å². The van der Waals surface area contributed by atoms with E-state index in [-0.39, 0.29) is 5.92 Å². The third-order valence-electron chi connectivity index (χ3n) is 14.1. The molecule has 8 aromatic carbocycles. The molecule has 0 saturated heterocycles. The molecule has 0 spiro atoms. The topological polar surface area (TPSA) is 60.0 Å². The molecule has 6 nitrogen and oxygen atoms in total. The normalized spacial score (nSPS) is 14.7. The fraction of sp³-hybridized carbons (Fsp3) is 0.0469. The van der Waals surface area contributed by atoms with Crippen molar-refractivity contribution < 1.29 is 4.42 Å². The third kappa shape index (κ3) is 6.47. The van der Waals surface area contributed by atoms with Gasteiger partial charge in [-0.3, -0.25) is 0 Å². The van der Waals surface area contributed by atoms with Crippen molar-refractivity contribution in [2.24, 2.45) is 0 Å². The quantitative estimate of drug-likeness (QED) is 0.149. The van der Waals surface area contributed by atoms with Crippen molar-refractivity contribution >= 4 is 55.9 Å². The van der Waals surface area contributed by atoms with Gasteiger partial charge in [0.1, 0.15) is 11.2 Å². The van der Waals surface area contributed by atoms with Gasteiger partial charge in [-0.25, -0.2) is 15.0 Å². The van der Waals surface area contributed by atoms with Crippen LogP contribution in [0.15, 0.2) is 222 Å². The van der Waals surface area contributed by atoms with E-state index in [0.29, 0.717) is 23.9 Å². The van der Waals surface area contributed by atoms with Crippen LogP contribution in [-0.4, -0.2) is 19.5 Å². The van der Waals surface area contributed by atoms with Crippen molar-refractivity contribution in [3.63, 3.8) is 0 Å². The first kappa shape index (κ1) is 39.8. The highest BCUT2D eigenvalue weighted by Gasteiger charge is 2.39. The summed E-state index contributed by atoms with van der Waals surface area (Å²) in [7, 11) is 0. The van der Waals surface area contributed by atoms with Crippen LogP contribution in [0.4, 0.5) is 11.4 Å². The molecule has 3 aromatic heterocycles. The van der Waals surface area contributed by atoms with Gasteiger partial charge in [0.05, 0.1) is 11.2 Å². The van der Waals surface area contributed by atoms with Gasteiger partial charge in [0.2, 0.25) is 0 Å². The number of fused-ring (bicyclic) bond motifs is 9. The Hall–Kier alpha value is -9.31. The summed E-state index contributed by atoms with van der Waals surface area (Å²) in [4.78, 5) is 18.3. The fourth-order valence-corrected chi connectivity index (χ4v) is 10.9. The molecule has 11 aromatic rings. The molecule has 70 heavy (non-hydrogen) atoms. The molecule has 3 aliphatic rings. The molecular formula is C64H41N5O. The number of anilines is 2. The van der Waals surface area contributed by atoms with Crippen molar-refractivity contribution in [1.82, 2.24) is 19.5 Å². The number of benzene rings is 8. The van der Waals surface area contributed by atoms with Gasteiger partial charge in [0.25, 0.3) is 0 Å². The highest BCUT2D eigenvalue weighted by molar-refractivity contribution is 6.06. The van der Waals surface area contributed by atoms with E-state index in [1.807, 2.05) is 42.5 Å². The predicted molar refractivity (Wildman–Crippen MR) is 285 cm³/mol. The summed E-state index contributed by atoms with van der Waals surface area (Å²) in [6.07, 6.45) is 10.1. The van der Waals surface area contributed by atoms with Gasteiger partial charge in [0, 0.05) is 91.1 Å². The minimum absolute atomic E-state index is 0.152. The van der Waals surface area contributed by atoms with Crippen LogP contribution in [0.5, 0.6) is 0 Å². The zero-order valence-corrected chi connectivity index (χ0v) is 37.9. The van der Waals surface area contributed by atoms with E-state index < -0.39 is 0 Å². The Morgan fingerprint density at radius 3 is 2.03 bits per heavy atom. The van der Waals surface area contributed by atoms with E-state index in [1.54, 1.807) is 0 Å². The average molecular weight is 896 g/mol. The molecule has 0 amide bonds. The number of aromatic nitrogens is 4. The van der Waals surface area contributed by atoms with Gasteiger partial charge in [-0.2, -0.15) is 0 Å². The fourth-order valence-electron chi connectivity index (χ4n) is 10.9. The highest BCUT2D eigenvalue weighted by Crippen LogP contribution is 2.54. The lowest BCUT2D eigenvalue weighted by Crippen LogP contribution is -2.19. The summed E-state index contributed by atoms with van der Waals surface area (Å²) in [6.45, 7) is 0. The van der Waals surface area contributed by atoms with Crippen LogP contribution in [0.2, 0.25) is 0 Å².